The minimum Gasteiger partial charge on any atom is -0.478 e. The third-order valence-electron chi connectivity index (χ3n) is 14.2. The number of fused-ring (bicyclic) bond motifs is 1. The summed E-state index contributed by atoms with van der Waals surface area (Å²) in [6.45, 7) is -2.02. The van der Waals surface area contributed by atoms with Crippen LogP contribution in [0.15, 0.2) is 87.2 Å². The minimum absolute atomic E-state index is 0.0222. The molecule has 1 aromatic heterocycles. The molecule has 8 rings (SSSR count). The second-order valence-corrected chi connectivity index (χ2v) is 19.5. The number of ether oxygens (including phenoxy) is 1. The number of carboxylic acid groups (broad SMARTS) is 1. The van der Waals surface area contributed by atoms with Crippen molar-refractivity contribution in [3.63, 3.8) is 0 Å². The van der Waals surface area contributed by atoms with Gasteiger partial charge in [0.15, 0.2) is 23.7 Å². The first-order chi connectivity index (χ1) is 38.2. The number of nitrogens with one attached hydrogen (secondary N) is 7. The molecule has 30 heteroatoms. The molecule has 80 heavy (non-hydrogen) atoms. The Bertz CT molecular complexity index is 3020. The number of carbonyl (C=O) groups excluding carboxylic acids is 6. The molecule has 2 fully saturated rings. The van der Waals surface area contributed by atoms with Crippen LogP contribution in [-0.4, -0.2) is 222 Å². The molecule has 4 aliphatic rings. The number of carboxylic acids is 1. The summed E-state index contributed by atoms with van der Waals surface area (Å²) in [6.07, 6.45) is -13.7. The average molecular weight is 1120 g/mol. The first kappa shape index (κ1) is 57.8. The van der Waals surface area contributed by atoms with E-state index in [1.54, 1.807) is 49.4 Å². The van der Waals surface area contributed by atoms with Gasteiger partial charge in [0.25, 0.3) is 0 Å². The summed E-state index contributed by atoms with van der Waals surface area (Å²) in [5, 5.41) is 104. The number of nitrogens with zero attached hydrogens (tertiary/aromatic N) is 4. The maximum Gasteiger partial charge on any atom is 0.335 e. The third kappa shape index (κ3) is 12.6. The van der Waals surface area contributed by atoms with Crippen LogP contribution < -0.4 is 48.7 Å². The van der Waals surface area contributed by atoms with Crippen molar-refractivity contribution in [3.05, 3.63) is 89.5 Å². The highest BCUT2D eigenvalue weighted by molar-refractivity contribution is 5.99. The molecule has 4 aromatic rings. The van der Waals surface area contributed by atoms with E-state index in [0.717, 1.165) is 4.90 Å². The number of rotatable bonds is 13. The lowest BCUT2D eigenvalue weighted by Crippen LogP contribution is -2.70. The van der Waals surface area contributed by atoms with Gasteiger partial charge in [-0.25, -0.2) is 9.78 Å². The third-order valence-corrected chi connectivity index (χ3v) is 14.2. The van der Waals surface area contributed by atoms with Gasteiger partial charge in [-0.3, -0.25) is 38.8 Å². The maximum atomic E-state index is 15.0. The summed E-state index contributed by atoms with van der Waals surface area (Å²) in [7, 11) is 0. The summed E-state index contributed by atoms with van der Waals surface area (Å²) in [6, 6.07) is 6.45. The summed E-state index contributed by atoms with van der Waals surface area (Å²) >= 11 is 0. The molecule has 4 aliphatic heterocycles. The van der Waals surface area contributed by atoms with Crippen molar-refractivity contribution in [2.24, 2.45) is 21.5 Å². The highest BCUT2D eigenvalue weighted by Crippen LogP contribution is 2.30. The van der Waals surface area contributed by atoms with E-state index in [1.165, 1.54) is 30.3 Å². The van der Waals surface area contributed by atoms with Gasteiger partial charge in [0, 0.05) is 17.9 Å². The van der Waals surface area contributed by atoms with Crippen molar-refractivity contribution in [2.75, 3.05) is 32.8 Å². The van der Waals surface area contributed by atoms with Crippen LogP contribution in [0.1, 0.15) is 34.3 Å². The van der Waals surface area contributed by atoms with Gasteiger partial charge in [0.05, 0.1) is 50.5 Å². The zero-order valence-electron chi connectivity index (χ0n) is 42.5. The van der Waals surface area contributed by atoms with Crippen molar-refractivity contribution >= 4 is 64.4 Å². The summed E-state index contributed by atoms with van der Waals surface area (Å²) < 4.78 is 11.7. The molecule has 30 nitrogen and oxygen atoms in total. The fourth-order valence-corrected chi connectivity index (χ4v) is 9.68. The number of aromatic nitrogens is 1. The maximum absolute atomic E-state index is 15.0. The molecule has 0 aliphatic carbocycles. The Hall–Kier alpha value is -8.36. The highest BCUT2D eigenvalue weighted by Gasteiger charge is 2.52. The predicted molar refractivity (Wildman–Crippen MR) is 276 cm³/mol. The number of aromatic carboxylic acids is 1. The van der Waals surface area contributed by atoms with Gasteiger partial charge in [-0.05, 0) is 47.5 Å². The van der Waals surface area contributed by atoms with Crippen molar-refractivity contribution in [1.82, 2.24) is 47.1 Å². The molecule has 19 N–H and O–H groups in total. The molecule has 2 saturated heterocycles. The van der Waals surface area contributed by atoms with Crippen molar-refractivity contribution in [3.8, 4) is 11.5 Å². The number of benzene rings is 3. The number of aliphatic imine (C=N–C) groups is 2. The van der Waals surface area contributed by atoms with E-state index >= 15 is 4.79 Å². The molecule has 15 atom stereocenters. The Kier molecular flexibility index (Phi) is 17.9. The topological polar surface area (TPSA) is 481 Å². The average Bonchev–Trinajstić information content (AvgIpc) is 4.20. The first-order valence-corrected chi connectivity index (χ1v) is 25.2. The second-order valence-electron chi connectivity index (χ2n) is 19.5. The van der Waals surface area contributed by atoms with Crippen LogP contribution in [0.3, 0.4) is 0 Å². The standard InChI is InChI=1S/C50H61N13O17/c1-20(22-5-3-2-4-6-22)33-43(74)56-26(13-21-7-12-25-30(14-21)79-46(58-25)23-8-10-24(11-9-23)48(77)78)42(73)61-34(36(67)27-15-54-49(51)59-27)45(76)62-35(44(75)57-28(18-64)41(72)53-17-32(66)60-33)37(68)29-16-55-50(52)63(29)47-40(71)39(70)38(69)31(19-65)80-47/h2-12,14,20,26-29,31,33-40,47,64-65,67-71H,13,15-19H2,1H3,(H2,52,55)(H,53,72)(H,56,74)(H,57,75)(H,60,66)(H,61,73)(H,62,76)(H,77,78)(H3,51,54,59)/t20-,26+,27-,28-,29-,31+,33-,34-,35+,36+,37-,38+,39-,40-,47-/m0/s1. The molecule has 5 heterocycles. The van der Waals surface area contributed by atoms with E-state index in [2.05, 4.69) is 52.2 Å². The smallest absolute Gasteiger partial charge is 0.335 e. The number of carbonyl (C=O) groups is 7. The van der Waals surface area contributed by atoms with Crippen LogP contribution in [0.25, 0.3) is 22.6 Å². The molecule has 6 amide bonds. The zero-order chi connectivity index (χ0) is 57.7. The van der Waals surface area contributed by atoms with Crippen LogP contribution in [-0.2, 0) is 39.9 Å². The van der Waals surface area contributed by atoms with Crippen LogP contribution in [0.4, 0.5) is 0 Å². The zero-order valence-corrected chi connectivity index (χ0v) is 42.5. The molecule has 0 bridgehead atoms. The van der Waals surface area contributed by atoms with Crippen molar-refractivity contribution in [2.45, 2.75) is 104 Å². The Labute approximate surface area is 453 Å². The Morgan fingerprint density at radius 2 is 1.39 bits per heavy atom. The predicted octanol–water partition coefficient (Wildman–Crippen LogP) is -7.11. The van der Waals surface area contributed by atoms with E-state index < -0.39 is 171 Å². The van der Waals surface area contributed by atoms with E-state index in [4.69, 9.17) is 20.6 Å². The summed E-state index contributed by atoms with van der Waals surface area (Å²) in [5.41, 5.74) is 14.0. The Morgan fingerprint density at radius 1 is 0.725 bits per heavy atom. The minimum atomic E-state index is -2.29. The fourth-order valence-electron chi connectivity index (χ4n) is 9.68. The molecular weight excluding hydrogens is 1050 g/mol. The van der Waals surface area contributed by atoms with Crippen molar-refractivity contribution in [1.29, 1.82) is 0 Å². The Balaban J connectivity index is 1.18. The van der Waals surface area contributed by atoms with Gasteiger partial charge in [-0.2, -0.15) is 0 Å². The number of aliphatic hydroxyl groups is 7. The number of amides is 6. The normalized spacial score (nSPS) is 29.5. The largest absolute Gasteiger partial charge is 0.478 e. The Morgan fingerprint density at radius 3 is 2.05 bits per heavy atom. The van der Waals surface area contributed by atoms with Crippen molar-refractivity contribution < 1.29 is 83.6 Å². The molecule has 0 spiro atoms. The summed E-state index contributed by atoms with van der Waals surface area (Å²) in [4.78, 5) is 112. The SMILES string of the molecule is C[C@@H](c1ccccc1)[C@@H]1NC(=O)CNC(=O)[C@H](CO)NC(=O)[C@@H]([C@@H](O)[C@@H]2CN=C(N)N2[C@H]2O[C@H](CO)[C@@H](O)[C@H](O)[C@@H]2O)NC(=O)[C@H]([C@H](O)[C@@H]2CN=C(N)N2)NC(=O)[C@@H](Cc2ccc3nc(-c4ccc(C(=O)O)cc4)oc3c2)NC1=O. The van der Waals surface area contributed by atoms with Gasteiger partial charge in [0.2, 0.25) is 41.3 Å². The van der Waals surface area contributed by atoms with E-state index in [9.17, 15) is 69.6 Å². The number of nitrogens with two attached hydrogens (primary N) is 2. The molecule has 428 valence electrons. The molecule has 3 aromatic carbocycles. The lowest BCUT2D eigenvalue weighted by atomic mass is 9.92. The quantitative estimate of drug-likeness (QED) is 0.0591. The lowest BCUT2D eigenvalue weighted by Gasteiger charge is -2.46. The van der Waals surface area contributed by atoms with Crippen LogP contribution in [0.5, 0.6) is 0 Å². The van der Waals surface area contributed by atoms with E-state index in [1.807, 2.05) is 0 Å². The molecular formula is C50H61N13O17. The van der Waals surface area contributed by atoms with Gasteiger partial charge in [-0.15, -0.1) is 0 Å². The number of aliphatic hydroxyl groups excluding tert-OH is 7. The van der Waals surface area contributed by atoms with Crippen LogP contribution in [0, 0.1) is 0 Å². The van der Waals surface area contributed by atoms with Gasteiger partial charge >= 0.3 is 5.97 Å². The number of hydrogen-bond donors (Lipinski definition) is 17. The van der Waals surface area contributed by atoms with E-state index in [0.29, 0.717) is 22.2 Å². The van der Waals surface area contributed by atoms with Crippen LogP contribution >= 0.6 is 0 Å². The van der Waals surface area contributed by atoms with E-state index in [-0.39, 0.29) is 29.5 Å². The van der Waals surface area contributed by atoms with Gasteiger partial charge < -0.3 is 104 Å². The molecule has 0 radical (unpaired) electrons. The highest BCUT2D eigenvalue weighted by atomic mass is 16.6. The number of oxazole rings is 1. The first-order valence-electron chi connectivity index (χ1n) is 25.2. The second kappa shape index (κ2) is 24.8. The van der Waals surface area contributed by atoms with Gasteiger partial charge in [0.1, 0.15) is 72.3 Å². The van der Waals surface area contributed by atoms with Crippen LogP contribution in [0.2, 0.25) is 0 Å². The van der Waals surface area contributed by atoms with Gasteiger partial charge in [-0.1, -0.05) is 43.3 Å². The summed E-state index contributed by atoms with van der Waals surface area (Å²) in [5.74, 6) is -9.47. The molecule has 0 saturated carbocycles. The lowest BCUT2D eigenvalue weighted by molar-refractivity contribution is -0.260. The number of hydrogen-bond acceptors (Lipinski definition) is 23. The fraction of sp³-hybridized carbons (Fsp3) is 0.440. The monoisotopic (exact) mass is 1120 g/mol. The number of guanidine groups is 2. The molecule has 0 unspecified atom stereocenters.